The first-order valence-electron chi connectivity index (χ1n) is 7.70. The number of piperidine rings is 1. The minimum absolute atomic E-state index is 0.181. The molecule has 1 aromatic heterocycles. The molecule has 0 spiro atoms. The molecule has 1 aliphatic rings. The number of aryl methyl sites for hydroxylation is 2. The van der Waals surface area contributed by atoms with Crippen LogP contribution in [0.2, 0.25) is 0 Å². The lowest BCUT2D eigenvalue weighted by atomic mass is 9.79. The summed E-state index contributed by atoms with van der Waals surface area (Å²) in [5, 5.41) is 7.53. The van der Waals surface area contributed by atoms with Crippen LogP contribution < -0.4 is 10.6 Å². The van der Waals surface area contributed by atoms with Gasteiger partial charge in [0.25, 0.3) is 0 Å². The normalized spacial score (nSPS) is 23.8. The Morgan fingerprint density at radius 3 is 2.20 bits per heavy atom. The number of hydrogen-bond donors (Lipinski definition) is 2. The molecule has 0 bridgehead atoms. The fourth-order valence-corrected chi connectivity index (χ4v) is 3.96. The molecule has 1 aromatic rings. The average molecular weight is 278 g/mol. The average Bonchev–Trinajstić information content (AvgIpc) is 2.52. The van der Waals surface area contributed by atoms with E-state index in [0.717, 1.165) is 24.4 Å². The molecule has 2 heterocycles. The Balaban J connectivity index is 2.07. The summed E-state index contributed by atoms with van der Waals surface area (Å²) in [7, 11) is 0. The number of furan rings is 1. The highest BCUT2D eigenvalue weighted by Gasteiger charge is 2.38. The summed E-state index contributed by atoms with van der Waals surface area (Å²) in [4.78, 5) is 0. The summed E-state index contributed by atoms with van der Waals surface area (Å²) < 4.78 is 5.65. The zero-order valence-corrected chi connectivity index (χ0v) is 14.1. The molecule has 2 N–H and O–H groups in total. The minimum atomic E-state index is 0.181. The second-order valence-electron chi connectivity index (χ2n) is 7.75. The van der Waals surface area contributed by atoms with Crippen molar-refractivity contribution in [2.24, 2.45) is 0 Å². The van der Waals surface area contributed by atoms with Gasteiger partial charge in [-0.2, -0.15) is 0 Å². The van der Waals surface area contributed by atoms with E-state index in [1.54, 1.807) is 0 Å². The largest absolute Gasteiger partial charge is 0.466 e. The van der Waals surface area contributed by atoms with Crippen LogP contribution in [0.5, 0.6) is 0 Å². The van der Waals surface area contributed by atoms with E-state index in [9.17, 15) is 0 Å². The molecule has 1 saturated heterocycles. The van der Waals surface area contributed by atoms with Gasteiger partial charge in [-0.1, -0.05) is 0 Å². The Hall–Kier alpha value is -0.800. The highest BCUT2D eigenvalue weighted by molar-refractivity contribution is 5.23. The summed E-state index contributed by atoms with van der Waals surface area (Å²) in [5.41, 5.74) is 1.65. The molecule has 0 aromatic carbocycles. The van der Waals surface area contributed by atoms with Crippen LogP contribution >= 0.6 is 0 Å². The fraction of sp³-hybridized carbons (Fsp3) is 0.765. The molecular weight excluding hydrogens is 248 g/mol. The molecule has 0 amide bonds. The van der Waals surface area contributed by atoms with Crippen LogP contribution in [0.15, 0.2) is 10.5 Å². The van der Waals surface area contributed by atoms with E-state index < -0.39 is 0 Å². The van der Waals surface area contributed by atoms with Crippen LogP contribution in [0.4, 0.5) is 0 Å². The number of rotatable bonds is 3. The van der Waals surface area contributed by atoms with E-state index >= 15 is 0 Å². The fourth-order valence-electron chi connectivity index (χ4n) is 3.96. The van der Waals surface area contributed by atoms with Crippen molar-refractivity contribution in [1.29, 1.82) is 0 Å². The van der Waals surface area contributed by atoms with E-state index in [1.165, 1.54) is 5.56 Å². The van der Waals surface area contributed by atoms with Gasteiger partial charge < -0.3 is 15.1 Å². The van der Waals surface area contributed by atoms with Crippen molar-refractivity contribution in [2.45, 2.75) is 84.5 Å². The monoisotopic (exact) mass is 278 g/mol. The smallest absolute Gasteiger partial charge is 0.105 e. The summed E-state index contributed by atoms with van der Waals surface area (Å²) in [6.45, 7) is 15.5. The summed E-state index contributed by atoms with van der Waals surface area (Å²) in [5.74, 6) is 2.03. The van der Waals surface area contributed by atoms with Crippen LogP contribution in [0, 0.1) is 13.8 Å². The minimum Gasteiger partial charge on any atom is -0.466 e. The second kappa shape index (κ2) is 5.19. The molecule has 0 saturated carbocycles. The molecule has 114 valence electrons. The first-order valence-corrected chi connectivity index (χ1v) is 7.70. The van der Waals surface area contributed by atoms with E-state index in [1.807, 2.05) is 6.92 Å². The van der Waals surface area contributed by atoms with Crippen molar-refractivity contribution < 1.29 is 4.42 Å². The van der Waals surface area contributed by atoms with Gasteiger partial charge in [0.1, 0.15) is 11.5 Å². The lowest BCUT2D eigenvalue weighted by Gasteiger charge is -2.47. The summed E-state index contributed by atoms with van der Waals surface area (Å²) >= 11 is 0. The van der Waals surface area contributed by atoms with Crippen LogP contribution in [0.1, 0.15) is 70.6 Å². The molecule has 2 rings (SSSR count). The van der Waals surface area contributed by atoms with Crippen molar-refractivity contribution >= 4 is 0 Å². The zero-order valence-electron chi connectivity index (χ0n) is 14.1. The van der Waals surface area contributed by atoms with E-state index in [0.29, 0.717) is 12.1 Å². The van der Waals surface area contributed by atoms with Crippen molar-refractivity contribution in [2.75, 3.05) is 0 Å². The van der Waals surface area contributed by atoms with Gasteiger partial charge in [0, 0.05) is 28.7 Å². The van der Waals surface area contributed by atoms with Gasteiger partial charge >= 0.3 is 0 Å². The van der Waals surface area contributed by atoms with E-state index in [4.69, 9.17) is 4.42 Å². The molecule has 0 radical (unpaired) electrons. The number of hydrogen-bond acceptors (Lipinski definition) is 3. The van der Waals surface area contributed by atoms with Crippen molar-refractivity contribution in [3.05, 3.63) is 23.2 Å². The topological polar surface area (TPSA) is 37.2 Å². The van der Waals surface area contributed by atoms with Gasteiger partial charge in [-0.15, -0.1) is 0 Å². The first kappa shape index (κ1) is 15.6. The number of nitrogens with one attached hydrogen (secondary N) is 2. The molecule has 0 aliphatic carbocycles. The lowest BCUT2D eigenvalue weighted by molar-refractivity contribution is 0.141. The van der Waals surface area contributed by atoms with E-state index in [2.05, 4.69) is 58.2 Å². The molecule has 3 heteroatoms. The molecule has 1 fully saturated rings. The second-order valence-corrected chi connectivity index (χ2v) is 7.75. The van der Waals surface area contributed by atoms with Crippen molar-refractivity contribution in [1.82, 2.24) is 10.6 Å². The molecular formula is C17H30N2O. The third-order valence-corrected chi connectivity index (χ3v) is 4.22. The van der Waals surface area contributed by atoms with Crippen molar-refractivity contribution in [3.8, 4) is 0 Å². The maximum absolute atomic E-state index is 5.65. The Kier molecular flexibility index (Phi) is 4.05. The Morgan fingerprint density at radius 1 is 1.20 bits per heavy atom. The van der Waals surface area contributed by atoms with E-state index in [-0.39, 0.29) is 11.1 Å². The van der Waals surface area contributed by atoms with Crippen molar-refractivity contribution in [3.63, 3.8) is 0 Å². The Morgan fingerprint density at radius 2 is 1.75 bits per heavy atom. The third-order valence-electron chi connectivity index (χ3n) is 4.22. The molecule has 1 aliphatic heterocycles. The van der Waals surface area contributed by atoms with Crippen LogP contribution in [-0.2, 0) is 0 Å². The maximum Gasteiger partial charge on any atom is 0.105 e. The highest BCUT2D eigenvalue weighted by atomic mass is 16.3. The van der Waals surface area contributed by atoms with Crippen LogP contribution in [0.25, 0.3) is 0 Å². The van der Waals surface area contributed by atoms with Crippen LogP contribution in [-0.4, -0.2) is 17.1 Å². The van der Waals surface area contributed by atoms with Crippen LogP contribution in [0.3, 0.4) is 0 Å². The first-order chi connectivity index (χ1) is 9.08. The molecule has 1 atom stereocenters. The van der Waals surface area contributed by atoms with Gasteiger partial charge in [-0.05, 0) is 67.4 Å². The maximum atomic E-state index is 5.65. The lowest BCUT2D eigenvalue weighted by Crippen LogP contribution is -2.61. The molecule has 3 nitrogen and oxygen atoms in total. The molecule has 1 unspecified atom stereocenters. The Labute approximate surface area is 123 Å². The Bertz CT molecular complexity index is 457. The zero-order chi connectivity index (χ0) is 15.1. The van der Waals surface area contributed by atoms with Gasteiger partial charge in [-0.25, -0.2) is 0 Å². The quantitative estimate of drug-likeness (QED) is 0.881. The highest BCUT2D eigenvalue weighted by Crippen LogP contribution is 2.30. The van der Waals surface area contributed by atoms with Gasteiger partial charge in [0.05, 0.1) is 0 Å². The third kappa shape index (κ3) is 3.64. The van der Waals surface area contributed by atoms with Gasteiger partial charge in [-0.3, -0.25) is 0 Å². The SMILES string of the molecule is Cc1cc(C(C)NC2CC(C)(C)NC(C)(C)C2)c(C)o1. The summed E-state index contributed by atoms with van der Waals surface area (Å²) in [6.07, 6.45) is 2.30. The van der Waals surface area contributed by atoms with Gasteiger partial charge in [0.15, 0.2) is 0 Å². The standard InChI is InChI=1S/C17H30N2O/c1-11-8-15(13(3)20-11)12(2)18-14-9-16(4,5)19-17(6,7)10-14/h8,12,14,18-19H,9-10H2,1-7H3. The molecule has 20 heavy (non-hydrogen) atoms. The van der Waals surface area contributed by atoms with Gasteiger partial charge in [0.2, 0.25) is 0 Å². The summed E-state index contributed by atoms with van der Waals surface area (Å²) in [6, 6.07) is 3.03. The predicted octanol–water partition coefficient (Wildman–Crippen LogP) is 3.86. The predicted molar refractivity (Wildman–Crippen MR) is 84.0 cm³/mol.